The number of nitrogens with zero attached hydrogens (tertiary/aromatic N) is 1. The second-order valence-corrected chi connectivity index (χ2v) is 7.22. The summed E-state index contributed by atoms with van der Waals surface area (Å²) in [5.41, 5.74) is 1.21. The van der Waals surface area contributed by atoms with Crippen LogP contribution in [-0.4, -0.2) is 33.5 Å². The molecule has 122 valence electrons. The Labute approximate surface area is 131 Å². The van der Waals surface area contributed by atoms with Crippen molar-refractivity contribution in [1.29, 1.82) is 0 Å². The van der Waals surface area contributed by atoms with Gasteiger partial charge in [-0.2, -0.15) is 0 Å². The van der Waals surface area contributed by atoms with Gasteiger partial charge in [0.15, 0.2) is 0 Å². The molecule has 1 heterocycles. The van der Waals surface area contributed by atoms with Crippen LogP contribution in [0.2, 0.25) is 0 Å². The number of anilines is 1. The first-order valence-electron chi connectivity index (χ1n) is 7.34. The monoisotopic (exact) mass is 326 g/mol. The smallest absolute Gasteiger partial charge is 0.241 e. The van der Waals surface area contributed by atoms with Crippen molar-refractivity contribution in [2.45, 2.75) is 45.1 Å². The van der Waals surface area contributed by atoms with Gasteiger partial charge in [0.05, 0.1) is 17.1 Å². The van der Waals surface area contributed by atoms with Crippen molar-refractivity contribution in [2.24, 2.45) is 0 Å². The Bertz CT molecular complexity index is 685. The second kappa shape index (κ2) is 6.26. The first-order chi connectivity index (χ1) is 10.3. The van der Waals surface area contributed by atoms with Crippen LogP contribution in [-0.2, 0) is 14.8 Å². The molecule has 1 aliphatic rings. The number of carbonyl (C=O) groups is 1. The van der Waals surface area contributed by atoms with Gasteiger partial charge < -0.3 is 9.64 Å². The van der Waals surface area contributed by atoms with Gasteiger partial charge >= 0.3 is 0 Å². The molecule has 0 spiro atoms. The number of carbonyl (C=O) groups excluding carboxylic acids is 1. The standard InChI is InChI=1S/C15H22N2O4S/c1-5-11(3)16-22(19,20)15-9-14-13(8-10(15)2)17(12(4)18)6-7-21-14/h8-9,11,16H,5-7H2,1-4H3/t11-/m1/s1. The van der Waals surface area contributed by atoms with Crippen LogP contribution >= 0.6 is 0 Å². The van der Waals surface area contributed by atoms with E-state index in [-0.39, 0.29) is 16.8 Å². The Hall–Kier alpha value is -1.60. The molecule has 7 heteroatoms. The molecule has 0 saturated carbocycles. The summed E-state index contributed by atoms with van der Waals surface area (Å²) in [7, 11) is -3.61. The molecule has 0 fully saturated rings. The summed E-state index contributed by atoms with van der Waals surface area (Å²) >= 11 is 0. The largest absolute Gasteiger partial charge is 0.489 e. The van der Waals surface area contributed by atoms with Crippen molar-refractivity contribution in [3.63, 3.8) is 0 Å². The second-order valence-electron chi connectivity index (χ2n) is 5.54. The first-order valence-corrected chi connectivity index (χ1v) is 8.82. The summed E-state index contributed by atoms with van der Waals surface area (Å²) in [4.78, 5) is 13.5. The van der Waals surface area contributed by atoms with Gasteiger partial charge in [-0.05, 0) is 31.9 Å². The van der Waals surface area contributed by atoms with Crippen LogP contribution in [0.1, 0.15) is 32.8 Å². The maximum Gasteiger partial charge on any atom is 0.241 e. The molecule has 6 nitrogen and oxygen atoms in total. The molecule has 0 saturated heterocycles. The average molecular weight is 326 g/mol. The van der Waals surface area contributed by atoms with Crippen molar-refractivity contribution in [3.05, 3.63) is 17.7 Å². The molecule has 1 aromatic rings. The van der Waals surface area contributed by atoms with Gasteiger partial charge in [-0.3, -0.25) is 4.79 Å². The quantitative estimate of drug-likeness (QED) is 0.916. The highest BCUT2D eigenvalue weighted by atomic mass is 32.2. The third-order valence-electron chi connectivity index (χ3n) is 3.76. The van der Waals surface area contributed by atoms with Gasteiger partial charge in [-0.15, -0.1) is 0 Å². The Morgan fingerprint density at radius 1 is 1.45 bits per heavy atom. The molecule has 1 N–H and O–H groups in total. The number of hydrogen-bond donors (Lipinski definition) is 1. The minimum absolute atomic E-state index is 0.0858. The van der Waals surface area contributed by atoms with E-state index in [1.54, 1.807) is 17.9 Å². The number of sulfonamides is 1. The van der Waals surface area contributed by atoms with Gasteiger partial charge in [0, 0.05) is 19.0 Å². The maximum atomic E-state index is 12.5. The Balaban J connectivity index is 2.47. The van der Waals surface area contributed by atoms with Crippen LogP contribution in [0, 0.1) is 6.92 Å². The Kier molecular flexibility index (Phi) is 4.77. The molecule has 1 aromatic carbocycles. The molecule has 1 atom stereocenters. The molecule has 0 unspecified atom stereocenters. The van der Waals surface area contributed by atoms with Crippen LogP contribution in [0.4, 0.5) is 5.69 Å². The fourth-order valence-electron chi connectivity index (χ4n) is 2.38. The Morgan fingerprint density at radius 3 is 2.73 bits per heavy atom. The molecular formula is C15H22N2O4S. The van der Waals surface area contributed by atoms with Crippen LogP contribution in [0.15, 0.2) is 17.0 Å². The number of benzene rings is 1. The summed E-state index contributed by atoms with van der Waals surface area (Å²) in [5, 5.41) is 0. The van der Waals surface area contributed by atoms with Crippen molar-refractivity contribution >= 4 is 21.6 Å². The zero-order valence-corrected chi connectivity index (χ0v) is 14.2. The lowest BCUT2D eigenvalue weighted by atomic mass is 10.1. The fourth-order valence-corrected chi connectivity index (χ4v) is 3.94. The highest BCUT2D eigenvalue weighted by Crippen LogP contribution is 2.36. The van der Waals surface area contributed by atoms with Gasteiger partial charge in [-0.1, -0.05) is 6.92 Å². The fraction of sp³-hybridized carbons (Fsp3) is 0.533. The zero-order chi connectivity index (χ0) is 16.5. The summed E-state index contributed by atoms with van der Waals surface area (Å²) < 4.78 is 33.1. The lowest BCUT2D eigenvalue weighted by Gasteiger charge is -2.29. The molecule has 0 bridgehead atoms. The lowest BCUT2D eigenvalue weighted by Crippen LogP contribution is -2.37. The van der Waals surface area contributed by atoms with E-state index < -0.39 is 10.0 Å². The number of fused-ring (bicyclic) bond motifs is 1. The lowest BCUT2D eigenvalue weighted by molar-refractivity contribution is -0.116. The third kappa shape index (κ3) is 3.25. The molecular weight excluding hydrogens is 304 g/mol. The van der Waals surface area contributed by atoms with Crippen LogP contribution in [0.3, 0.4) is 0 Å². The van der Waals surface area contributed by atoms with Crippen LogP contribution in [0.5, 0.6) is 5.75 Å². The maximum absolute atomic E-state index is 12.5. The van der Waals surface area contributed by atoms with Crippen molar-refractivity contribution in [3.8, 4) is 5.75 Å². The number of amides is 1. The minimum Gasteiger partial charge on any atom is -0.489 e. The molecule has 0 aliphatic carbocycles. The molecule has 2 rings (SSSR count). The van der Waals surface area contributed by atoms with E-state index in [1.165, 1.54) is 13.0 Å². The number of rotatable bonds is 4. The predicted molar refractivity (Wildman–Crippen MR) is 84.8 cm³/mol. The minimum atomic E-state index is -3.61. The van der Waals surface area contributed by atoms with E-state index in [9.17, 15) is 13.2 Å². The van der Waals surface area contributed by atoms with Crippen LogP contribution < -0.4 is 14.4 Å². The number of hydrogen-bond acceptors (Lipinski definition) is 4. The highest BCUT2D eigenvalue weighted by Gasteiger charge is 2.26. The average Bonchev–Trinajstić information content (AvgIpc) is 2.44. The SMILES string of the molecule is CC[C@@H](C)NS(=O)(=O)c1cc2c(cc1C)N(C(C)=O)CCO2. The summed E-state index contributed by atoms with van der Waals surface area (Å²) in [6.45, 7) is 7.77. The third-order valence-corrected chi connectivity index (χ3v) is 5.49. The number of aryl methyl sites for hydroxylation is 1. The molecule has 1 aliphatic heterocycles. The molecule has 1 amide bonds. The number of nitrogens with one attached hydrogen (secondary N) is 1. The Morgan fingerprint density at radius 2 is 2.14 bits per heavy atom. The van der Waals surface area contributed by atoms with Gasteiger partial charge in [0.2, 0.25) is 15.9 Å². The van der Waals surface area contributed by atoms with E-state index in [2.05, 4.69) is 4.72 Å². The summed E-state index contributed by atoms with van der Waals surface area (Å²) in [5.74, 6) is 0.342. The highest BCUT2D eigenvalue weighted by molar-refractivity contribution is 7.89. The topological polar surface area (TPSA) is 75.7 Å². The van der Waals surface area contributed by atoms with E-state index in [4.69, 9.17) is 4.74 Å². The molecule has 0 radical (unpaired) electrons. The van der Waals surface area contributed by atoms with Gasteiger partial charge in [-0.25, -0.2) is 13.1 Å². The van der Waals surface area contributed by atoms with E-state index in [0.29, 0.717) is 36.6 Å². The zero-order valence-electron chi connectivity index (χ0n) is 13.3. The van der Waals surface area contributed by atoms with Gasteiger partial charge in [0.25, 0.3) is 0 Å². The van der Waals surface area contributed by atoms with Crippen molar-refractivity contribution in [1.82, 2.24) is 4.72 Å². The summed E-state index contributed by atoms with van der Waals surface area (Å²) in [6, 6.07) is 3.06. The molecule has 0 aromatic heterocycles. The summed E-state index contributed by atoms with van der Waals surface area (Å²) in [6.07, 6.45) is 0.706. The normalized spacial score (nSPS) is 15.9. The molecule has 22 heavy (non-hydrogen) atoms. The van der Waals surface area contributed by atoms with Crippen molar-refractivity contribution in [2.75, 3.05) is 18.1 Å². The van der Waals surface area contributed by atoms with Crippen LogP contribution in [0.25, 0.3) is 0 Å². The van der Waals surface area contributed by atoms with Crippen molar-refractivity contribution < 1.29 is 17.9 Å². The predicted octanol–water partition coefficient (Wildman–Crippen LogP) is 1.82. The van der Waals surface area contributed by atoms with Gasteiger partial charge in [0.1, 0.15) is 12.4 Å². The number of ether oxygens (including phenoxy) is 1. The first kappa shape index (κ1) is 16.8. The van der Waals surface area contributed by atoms with E-state index in [1.807, 2.05) is 13.8 Å². The van der Waals surface area contributed by atoms with E-state index >= 15 is 0 Å². The van der Waals surface area contributed by atoms with E-state index in [0.717, 1.165) is 0 Å².